The second-order valence-corrected chi connectivity index (χ2v) is 9.89. The lowest BCUT2D eigenvalue weighted by molar-refractivity contribution is -0.128. The first-order valence-corrected chi connectivity index (χ1v) is 12.8. The summed E-state index contributed by atoms with van der Waals surface area (Å²) in [6.45, 7) is 5.88. The molecule has 5 rings (SSSR count). The summed E-state index contributed by atoms with van der Waals surface area (Å²) < 4.78 is 5.34. The van der Waals surface area contributed by atoms with Crippen LogP contribution in [0.25, 0.3) is 5.57 Å². The fourth-order valence-electron chi connectivity index (χ4n) is 5.46. The summed E-state index contributed by atoms with van der Waals surface area (Å²) in [5.74, 6) is 0.528. The van der Waals surface area contributed by atoms with E-state index in [9.17, 15) is 10.2 Å². The minimum Gasteiger partial charge on any atom is -0.388 e. The fraction of sp³-hybridized carbons (Fsp3) is 0.519. The molecule has 4 heterocycles. The second-order valence-electron chi connectivity index (χ2n) is 9.89. The number of anilines is 1. The summed E-state index contributed by atoms with van der Waals surface area (Å²) in [7, 11) is 0. The third-order valence-corrected chi connectivity index (χ3v) is 7.53. The Hall–Kier alpha value is -3.13. The van der Waals surface area contributed by atoms with Gasteiger partial charge in [-0.05, 0) is 55.4 Å². The molecule has 0 unspecified atom stereocenters. The number of nitrogens with zero attached hydrogens (tertiary/aromatic N) is 2. The van der Waals surface area contributed by atoms with Crippen molar-refractivity contribution >= 4 is 29.2 Å². The number of carbonyl (C=O) groups excluding carboxylic acids is 1. The van der Waals surface area contributed by atoms with E-state index in [4.69, 9.17) is 10.1 Å². The number of amidine groups is 1. The third-order valence-electron chi connectivity index (χ3n) is 7.53. The van der Waals surface area contributed by atoms with E-state index in [1.54, 1.807) is 6.92 Å². The number of piperidine rings is 1. The molecule has 1 aromatic rings. The second kappa shape index (κ2) is 10.2. The number of benzene rings is 1. The Bertz CT molecular complexity index is 1080. The number of carbonyl (C=O) groups is 1. The Morgan fingerprint density at radius 3 is 2.71 bits per heavy atom. The highest BCUT2D eigenvalue weighted by Gasteiger charge is 2.31. The summed E-state index contributed by atoms with van der Waals surface area (Å²) in [5, 5.41) is 24.4. The molecule has 1 amide bonds. The molecule has 1 aromatic carbocycles. The molecule has 0 atom stereocenters. The maximum Gasteiger partial charge on any atom is 0.219 e. The maximum atomic E-state index is 12.1. The van der Waals surface area contributed by atoms with Gasteiger partial charge in [-0.25, -0.2) is 0 Å². The number of allylic oxidation sites excluding steroid dienone is 2. The van der Waals surface area contributed by atoms with Gasteiger partial charge in [0.15, 0.2) is 0 Å². The molecule has 0 aliphatic carbocycles. The molecule has 0 radical (unpaired) electrons. The predicted molar refractivity (Wildman–Crippen MR) is 139 cm³/mol. The molecule has 8 nitrogen and oxygen atoms in total. The van der Waals surface area contributed by atoms with Crippen LogP contribution in [0.1, 0.15) is 50.2 Å². The number of hydrogen-bond acceptors (Lipinski definition) is 6. The number of fused-ring (bicyclic) bond motifs is 1. The van der Waals surface area contributed by atoms with Crippen molar-refractivity contribution in [2.45, 2.75) is 51.5 Å². The van der Waals surface area contributed by atoms with Gasteiger partial charge in [-0.3, -0.25) is 10.2 Å². The first-order chi connectivity index (χ1) is 17.0. The van der Waals surface area contributed by atoms with Crippen molar-refractivity contribution in [1.29, 1.82) is 10.8 Å². The normalized spacial score (nSPS) is 22.1. The molecular weight excluding hydrogens is 440 g/mol. The highest BCUT2D eigenvalue weighted by molar-refractivity contribution is 6.11. The van der Waals surface area contributed by atoms with Crippen LogP contribution >= 0.6 is 0 Å². The van der Waals surface area contributed by atoms with Gasteiger partial charge in [0.05, 0.1) is 25.8 Å². The van der Waals surface area contributed by atoms with Gasteiger partial charge in [0.25, 0.3) is 0 Å². The van der Waals surface area contributed by atoms with Crippen molar-refractivity contribution in [3.63, 3.8) is 0 Å². The minimum atomic E-state index is 0.0496. The molecule has 0 aromatic heterocycles. The predicted octanol–water partition coefficient (Wildman–Crippen LogP) is 3.05. The first-order valence-electron chi connectivity index (χ1n) is 12.8. The SMILES string of the molecule is CC(=O)N1CCC(NC2COC2)=C(C(=N)N2CCCc3cc(/C(C=N)=C4\CCCCN4)ccc32)C1. The lowest BCUT2D eigenvalue weighted by atomic mass is 9.93. The van der Waals surface area contributed by atoms with Crippen molar-refractivity contribution in [3.8, 4) is 0 Å². The largest absolute Gasteiger partial charge is 0.388 e. The topological polar surface area (TPSA) is 105 Å². The van der Waals surface area contributed by atoms with Gasteiger partial charge in [0.2, 0.25) is 5.91 Å². The maximum absolute atomic E-state index is 12.1. The smallest absolute Gasteiger partial charge is 0.219 e. The Labute approximate surface area is 207 Å². The zero-order valence-corrected chi connectivity index (χ0v) is 20.6. The molecule has 4 N–H and O–H groups in total. The van der Waals surface area contributed by atoms with E-state index in [1.807, 2.05) is 4.90 Å². The van der Waals surface area contributed by atoms with E-state index in [0.29, 0.717) is 32.1 Å². The summed E-state index contributed by atoms with van der Waals surface area (Å²) in [5.41, 5.74) is 7.47. The molecule has 2 fully saturated rings. The van der Waals surface area contributed by atoms with E-state index in [0.717, 1.165) is 73.3 Å². The summed E-state index contributed by atoms with van der Waals surface area (Å²) >= 11 is 0. The van der Waals surface area contributed by atoms with Crippen LogP contribution in [0.4, 0.5) is 5.69 Å². The van der Waals surface area contributed by atoms with Crippen LogP contribution in [0.15, 0.2) is 35.2 Å². The lowest BCUT2D eigenvalue weighted by Crippen LogP contribution is -2.50. The molecular formula is C27H36N6O2. The van der Waals surface area contributed by atoms with Gasteiger partial charge >= 0.3 is 0 Å². The van der Waals surface area contributed by atoms with Gasteiger partial charge in [-0.1, -0.05) is 6.07 Å². The Morgan fingerprint density at radius 1 is 1.17 bits per heavy atom. The van der Waals surface area contributed by atoms with Crippen molar-refractivity contribution in [2.24, 2.45) is 0 Å². The summed E-state index contributed by atoms with van der Waals surface area (Å²) in [6.07, 6.45) is 7.46. The molecule has 0 spiro atoms. The lowest BCUT2D eigenvalue weighted by Gasteiger charge is -2.38. The van der Waals surface area contributed by atoms with Crippen LogP contribution in [-0.2, 0) is 16.0 Å². The van der Waals surface area contributed by atoms with Crippen LogP contribution in [0.3, 0.4) is 0 Å². The highest BCUT2D eigenvalue weighted by Crippen LogP contribution is 2.33. The number of rotatable bonds is 5. The van der Waals surface area contributed by atoms with Gasteiger partial charge in [0, 0.05) is 67.4 Å². The van der Waals surface area contributed by atoms with Crippen LogP contribution in [0, 0.1) is 10.8 Å². The number of ether oxygens (including phenoxy) is 1. The van der Waals surface area contributed by atoms with Gasteiger partial charge in [-0.2, -0.15) is 0 Å². The number of nitrogens with one attached hydrogen (secondary N) is 4. The molecule has 186 valence electrons. The third kappa shape index (κ3) is 4.85. The van der Waals surface area contributed by atoms with Crippen molar-refractivity contribution < 1.29 is 9.53 Å². The van der Waals surface area contributed by atoms with Gasteiger partial charge in [-0.15, -0.1) is 0 Å². The average molecular weight is 477 g/mol. The molecule has 0 saturated carbocycles. The molecule has 2 saturated heterocycles. The standard InChI is InChI=1S/C27H36N6O2/c1-18(34)32-12-9-25(31-21-16-35-17-21)23(15-32)27(29)33-11-4-5-20-13-19(7-8-26(20)33)22(14-28)24-6-2-3-10-30-24/h7-8,13-14,21,28-31H,2-6,9-12,15-17H2,1H3/b24-22+,28-14?,29-27?. The monoisotopic (exact) mass is 476 g/mol. The first kappa shape index (κ1) is 23.6. The zero-order chi connectivity index (χ0) is 24.4. The number of hydrogen-bond donors (Lipinski definition) is 4. The fourth-order valence-corrected chi connectivity index (χ4v) is 5.46. The van der Waals surface area contributed by atoms with E-state index >= 15 is 0 Å². The molecule has 8 heteroatoms. The molecule has 4 aliphatic rings. The van der Waals surface area contributed by atoms with Crippen molar-refractivity contribution in [1.82, 2.24) is 15.5 Å². The zero-order valence-electron chi connectivity index (χ0n) is 20.6. The van der Waals surface area contributed by atoms with Crippen molar-refractivity contribution in [3.05, 3.63) is 46.3 Å². The Morgan fingerprint density at radius 2 is 2.03 bits per heavy atom. The quantitative estimate of drug-likeness (QED) is 0.386. The Balaban J connectivity index is 1.45. The average Bonchev–Trinajstić information content (AvgIpc) is 2.86. The highest BCUT2D eigenvalue weighted by atomic mass is 16.5. The number of aryl methyl sites for hydroxylation is 1. The van der Waals surface area contributed by atoms with E-state index in [-0.39, 0.29) is 11.9 Å². The molecule has 35 heavy (non-hydrogen) atoms. The molecule has 0 bridgehead atoms. The van der Waals surface area contributed by atoms with E-state index < -0.39 is 0 Å². The van der Waals surface area contributed by atoms with Gasteiger partial charge in [0.1, 0.15) is 5.84 Å². The van der Waals surface area contributed by atoms with Crippen LogP contribution in [0.5, 0.6) is 0 Å². The molecule has 4 aliphatic heterocycles. The summed E-state index contributed by atoms with van der Waals surface area (Å²) in [6, 6.07) is 6.70. The summed E-state index contributed by atoms with van der Waals surface area (Å²) in [4.78, 5) is 16.1. The van der Waals surface area contributed by atoms with Crippen molar-refractivity contribution in [2.75, 3.05) is 44.3 Å². The van der Waals surface area contributed by atoms with Gasteiger partial charge < -0.3 is 30.6 Å². The number of amides is 1. The Kier molecular flexibility index (Phi) is 6.90. The van der Waals surface area contributed by atoms with E-state index in [1.165, 1.54) is 23.9 Å². The van der Waals surface area contributed by atoms with Crippen LogP contribution in [-0.4, -0.2) is 68.3 Å². The van der Waals surface area contributed by atoms with E-state index in [2.05, 4.69) is 33.7 Å². The van der Waals surface area contributed by atoms with Crippen LogP contribution in [0.2, 0.25) is 0 Å². The van der Waals surface area contributed by atoms with Crippen LogP contribution < -0.4 is 15.5 Å². The minimum absolute atomic E-state index is 0.0496.